The standard InChI is InChI=1S/C21H35NO3/c1-6-7-8-11-14-21(16-23,18-13-10-9-12-17(18)2)15-22-19(24)25-20(3,4)5/h9-10,12-13,23H,6-8,11,14-16H2,1-5H3,(H,22,24). The Labute approximate surface area is 153 Å². The Morgan fingerprint density at radius 1 is 1.16 bits per heavy atom. The molecule has 1 unspecified atom stereocenters. The summed E-state index contributed by atoms with van der Waals surface area (Å²) in [6, 6.07) is 8.10. The van der Waals surface area contributed by atoms with Crippen LogP contribution in [0.4, 0.5) is 4.79 Å². The van der Waals surface area contributed by atoms with Crippen LogP contribution in [0.15, 0.2) is 24.3 Å². The summed E-state index contributed by atoms with van der Waals surface area (Å²) in [6.07, 6.45) is 4.92. The van der Waals surface area contributed by atoms with Crippen LogP contribution in [0.1, 0.15) is 70.9 Å². The van der Waals surface area contributed by atoms with Gasteiger partial charge in [0.25, 0.3) is 0 Å². The number of aryl methyl sites for hydroxylation is 1. The number of amides is 1. The number of hydrogen-bond donors (Lipinski definition) is 2. The Balaban J connectivity index is 2.93. The lowest BCUT2D eigenvalue weighted by Gasteiger charge is -2.34. The van der Waals surface area contributed by atoms with E-state index in [9.17, 15) is 9.90 Å². The minimum atomic E-state index is -0.532. The van der Waals surface area contributed by atoms with Gasteiger partial charge in [-0.15, -0.1) is 0 Å². The number of ether oxygens (including phenoxy) is 1. The maximum atomic E-state index is 12.1. The molecule has 4 nitrogen and oxygen atoms in total. The molecule has 0 radical (unpaired) electrons. The average molecular weight is 350 g/mol. The molecule has 1 aromatic rings. The van der Waals surface area contributed by atoms with Crippen LogP contribution in [0.2, 0.25) is 0 Å². The molecule has 4 heteroatoms. The van der Waals surface area contributed by atoms with E-state index in [1.807, 2.05) is 32.9 Å². The van der Waals surface area contributed by atoms with E-state index in [1.165, 1.54) is 12.8 Å². The number of hydrogen-bond acceptors (Lipinski definition) is 3. The van der Waals surface area contributed by atoms with Crippen molar-refractivity contribution in [1.82, 2.24) is 5.32 Å². The van der Waals surface area contributed by atoms with Gasteiger partial charge in [-0.2, -0.15) is 0 Å². The van der Waals surface area contributed by atoms with E-state index in [-0.39, 0.29) is 6.61 Å². The zero-order valence-electron chi connectivity index (χ0n) is 16.5. The largest absolute Gasteiger partial charge is 0.444 e. The summed E-state index contributed by atoms with van der Waals surface area (Å²) in [5.41, 5.74) is 1.23. The van der Waals surface area contributed by atoms with Crippen LogP contribution < -0.4 is 5.32 Å². The third-order valence-electron chi connectivity index (χ3n) is 4.50. The van der Waals surface area contributed by atoms with Crippen molar-refractivity contribution in [3.8, 4) is 0 Å². The van der Waals surface area contributed by atoms with E-state index in [4.69, 9.17) is 4.74 Å². The fourth-order valence-electron chi connectivity index (χ4n) is 3.15. The number of nitrogens with one attached hydrogen (secondary N) is 1. The molecule has 0 heterocycles. The average Bonchev–Trinajstić information content (AvgIpc) is 2.54. The first-order valence-electron chi connectivity index (χ1n) is 9.38. The van der Waals surface area contributed by atoms with Gasteiger partial charge in [-0.3, -0.25) is 0 Å². The van der Waals surface area contributed by atoms with Gasteiger partial charge in [-0.05, 0) is 45.2 Å². The number of aliphatic hydroxyl groups is 1. The smallest absolute Gasteiger partial charge is 0.407 e. The summed E-state index contributed by atoms with van der Waals surface area (Å²) >= 11 is 0. The third kappa shape index (κ3) is 7.07. The molecule has 142 valence electrons. The molecule has 0 aliphatic carbocycles. The van der Waals surface area contributed by atoms with Gasteiger partial charge < -0.3 is 15.2 Å². The lowest BCUT2D eigenvalue weighted by molar-refractivity contribution is 0.0499. The first kappa shape index (κ1) is 21.5. The second-order valence-electron chi connectivity index (χ2n) is 7.92. The molecule has 25 heavy (non-hydrogen) atoms. The molecule has 1 aromatic carbocycles. The quantitative estimate of drug-likeness (QED) is 0.634. The van der Waals surface area contributed by atoms with Gasteiger partial charge in [-0.1, -0.05) is 56.9 Å². The number of alkyl carbamates (subject to hydrolysis) is 1. The summed E-state index contributed by atoms with van der Waals surface area (Å²) in [5.74, 6) is 0. The van der Waals surface area contributed by atoms with Crippen LogP contribution in [-0.2, 0) is 10.2 Å². The minimum absolute atomic E-state index is 0.000222. The first-order valence-corrected chi connectivity index (χ1v) is 9.38. The first-order chi connectivity index (χ1) is 11.7. The van der Waals surface area contributed by atoms with E-state index in [1.54, 1.807) is 0 Å². The maximum absolute atomic E-state index is 12.1. The molecule has 1 atom stereocenters. The summed E-state index contributed by atoms with van der Waals surface area (Å²) in [4.78, 5) is 12.1. The fraction of sp³-hybridized carbons (Fsp3) is 0.667. The Bertz CT molecular complexity index is 536. The van der Waals surface area contributed by atoms with Crippen LogP contribution >= 0.6 is 0 Å². The highest BCUT2D eigenvalue weighted by atomic mass is 16.6. The molecule has 0 aromatic heterocycles. The predicted molar refractivity (Wildman–Crippen MR) is 103 cm³/mol. The van der Waals surface area contributed by atoms with E-state index >= 15 is 0 Å². The molecule has 1 amide bonds. The van der Waals surface area contributed by atoms with Crippen molar-refractivity contribution < 1.29 is 14.6 Å². The van der Waals surface area contributed by atoms with E-state index < -0.39 is 17.1 Å². The predicted octanol–water partition coefficient (Wildman–Crippen LogP) is 4.72. The second kappa shape index (κ2) is 9.81. The molecule has 0 spiro atoms. The normalized spacial score (nSPS) is 14.0. The van der Waals surface area contributed by atoms with Gasteiger partial charge in [0.1, 0.15) is 5.60 Å². The SMILES string of the molecule is CCCCCCC(CO)(CNC(=O)OC(C)(C)C)c1ccccc1C. The highest BCUT2D eigenvalue weighted by Crippen LogP contribution is 2.32. The van der Waals surface area contributed by atoms with Crippen LogP contribution in [-0.4, -0.2) is 30.0 Å². The molecule has 2 N–H and O–H groups in total. The molecule has 0 saturated carbocycles. The van der Waals surface area contributed by atoms with Gasteiger partial charge >= 0.3 is 6.09 Å². The zero-order valence-corrected chi connectivity index (χ0v) is 16.5. The summed E-state index contributed by atoms with van der Waals surface area (Å²) in [7, 11) is 0. The van der Waals surface area contributed by atoms with E-state index in [0.29, 0.717) is 6.54 Å². The molecule has 0 aliphatic heterocycles. The van der Waals surface area contributed by atoms with Crippen molar-refractivity contribution >= 4 is 6.09 Å². The van der Waals surface area contributed by atoms with Crippen LogP contribution in [0.5, 0.6) is 0 Å². The van der Waals surface area contributed by atoms with Gasteiger partial charge in [0.05, 0.1) is 6.61 Å². The van der Waals surface area contributed by atoms with E-state index in [2.05, 4.69) is 31.3 Å². The topological polar surface area (TPSA) is 58.6 Å². The third-order valence-corrected chi connectivity index (χ3v) is 4.50. The lowest BCUT2D eigenvalue weighted by atomic mass is 9.75. The highest BCUT2D eigenvalue weighted by Gasteiger charge is 2.33. The van der Waals surface area contributed by atoms with Gasteiger partial charge in [0.15, 0.2) is 0 Å². The lowest BCUT2D eigenvalue weighted by Crippen LogP contribution is -2.45. The van der Waals surface area contributed by atoms with Crippen molar-refractivity contribution in [1.29, 1.82) is 0 Å². The Morgan fingerprint density at radius 2 is 1.84 bits per heavy atom. The number of carbonyl (C=O) groups excluding carboxylic acids is 1. The van der Waals surface area contributed by atoms with Crippen molar-refractivity contribution in [2.45, 2.75) is 77.7 Å². The molecule has 0 saturated heterocycles. The minimum Gasteiger partial charge on any atom is -0.444 e. The van der Waals surface area contributed by atoms with Crippen molar-refractivity contribution in [3.63, 3.8) is 0 Å². The molecule has 1 rings (SSSR count). The Kier molecular flexibility index (Phi) is 8.43. The monoisotopic (exact) mass is 349 g/mol. The van der Waals surface area contributed by atoms with Crippen LogP contribution in [0, 0.1) is 6.92 Å². The van der Waals surface area contributed by atoms with Crippen LogP contribution in [0.3, 0.4) is 0 Å². The highest BCUT2D eigenvalue weighted by molar-refractivity contribution is 5.68. The van der Waals surface area contributed by atoms with Crippen molar-refractivity contribution in [2.75, 3.05) is 13.2 Å². The number of benzene rings is 1. The molecule has 0 fully saturated rings. The zero-order chi connectivity index (χ0) is 18.9. The van der Waals surface area contributed by atoms with Gasteiger partial charge in [0, 0.05) is 12.0 Å². The molecule has 0 aliphatic rings. The van der Waals surface area contributed by atoms with Crippen molar-refractivity contribution in [3.05, 3.63) is 35.4 Å². The number of rotatable bonds is 9. The van der Waals surface area contributed by atoms with Crippen molar-refractivity contribution in [2.24, 2.45) is 0 Å². The maximum Gasteiger partial charge on any atom is 0.407 e. The van der Waals surface area contributed by atoms with Gasteiger partial charge in [-0.25, -0.2) is 4.79 Å². The fourth-order valence-corrected chi connectivity index (χ4v) is 3.15. The number of carbonyl (C=O) groups is 1. The van der Waals surface area contributed by atoms with E-state index in [0.717, 1.165) is 30.4 Å². The second-order valence-corrected chi connectivity index (χ2v) is 7.92. The summed E-state index contributed by atoms with van der Waals surface area (Å²) in [5, 5.41) is 13.1. The van der Waals surface area contributed by atoms with Gasteiger partial charge in [0.2, 0.25) is 0 Å². The van der Waals surface area contributed by atoms with Crippen LogP contribution in [0.25, 0.3) is 0 Å². The molecular formula is C21H35NO3. The Hall–Kier alpha value is -1.55. The Morgan fingerprint density at radius 3 is 2.40 bits per heavy atom. The summed E-state index contributed by atoms with van der Waals surface area (Å²) in [6.45, 7) is 10.1. The molecule has 0 bridgehead atoms. The summed E-state index contributed by atoms with van der Waals surface area (Å²) < 4.78 is 5.36. The number of unbranched alkanes of at least 4 members (excludes halogenated alkanes) is 3. The number of aliphatic hydroxyl groups excluding tert-OH is 1. The molecular weight excluding hydrogens is 314 g/mol.